The van der Waals surface area contributed by atoms with E-state index in [1.165, 1.54) is 7.11 Å². The first-order chi connectivity index (χ1) is 8.72. The van der Waals surface area contributed by atoms with Crippen LogP contribution in [0, 0.1) is 5.92 Å². The Balaban J connectivity index is 2.05. The molecule has 2 rings (SSSR count). The number of amides is 1. The molecule has 1 aromatic rings. The van der Waals surface area contributed by atoms with Gasteiger partial charge in [0.05, 0.1) is 13.0 Å². The molecule has 0 aliphatic carbocycles. The Hall–Kier alpha value is -1.84. The van der Waals surface area contributed by atoms with Crippen molar-refractivity contribution in [2.75, 3.05) is 20.2 Å². The molecule has 0 aromatic heterocycles. The van der Waals surface area contributed by atoms with Gasteiger partial charge in [-0.05, 0) is 25.0 Å². The van der Waals surface area contributed by atoms with E-state index in [0.717, 1.165) is 12.8 Å². The van der Waals surface area contributed by atoms with Gasteiger partial charge in [-0.15, -0.1) is 0 Å². The second kappa shape index (κ2) is 5.67. The maximum Gasteiger partial charge on any atom is 0.310 e. The number of likely N-dealkylation sites (tertiary alicyclic amines) is 1. The Morgan fingerprint density at radius 3 is 2.67 bits per heavy atom. The lowest BCUT2D eigenvalue weighted by Crippen LogP contribution is -2.42. The number of carbonyl (C=O) groups is 2. The van der Waals surface area contributed by atoms with E-state index in [-0.39, 0.29) is 17.8 Å². The quantitative estimate of drug-likeness (QED) is 0.747. The van der Waals surface area contributed by atoms with Gasteiger partial charge in [0.2, 0.25) is 0 Å². The molecular formula is C14H17NO3. The van der Waals surface area contributed by atoms with Crippen LogP contribution in [0.15, 0.2) is 30.3 Å². The van der Waals surface area contributed by atoms with Gasteiger partial charge in [0.25, 0.3) is 5.91 Å². The number of piperidine rings is 1. The number of benzene rings is 1. The summed E-state index contributed by atoms with van der Waals surface area (Å²) in [5, 5.41) is 0. The Labute approximate surface area is 107 Å². The molecule has 0 spiro atoms. The highest BCUT2D eigenvalue weighted by atomic mass is 16.5. The highest BCUT2D eigenvalue weighted by Gasteiger charge is 2.29. The molecule has 1 aliphatic rings. The Morgan fingerprint density at radius 1 is 1.28 bits per heavy atom. The van der Waals surface area contributed by atoms with Crippen molar-refractivity contribution < 1.29 is 14.3 Å². The zero-order chi connectivity index (χ0) is 13.0. The van der Waals surface area contributed by atoms with E-state index >= 15 is 0 Å². The highest BCUT2D eigenvalue weighted by molar-refractivity contribution is 5.94. The first-order valence-corrected chi connectivity index (χ1v) is 6.14. The number of methoxy groups -OCH3 is 1. The molecule has 1 aromatic carbocycles. The van der Waals surface area contributed by atoms with Crippen LogP contribution in [0.25, 0.3) is 0 Å². The van der Waals surface area contributed by atoms with Gasteiger partial charge in [-0.25, -0.2) is 0 Å². The molecule has 0 radical (unpaired) electrons. The molecule has 1 heterocycles. The van der Waals surface area contributed by atoms with E-state index in [4.69, 9.17) is 4.74 Å². The number of rotatable bonds is 2. The van der Waals surface area contributed by atoms with Gasteiger partial charge in [-0.2, -0.15) is 0 Å². The Kier molecular flexibility index (Phi) is 3.97. The third-order valence-corrected chi connectivity index (χ3v) is 3.26. The monoisotopic (exact) mass is 247 g/mol. The maximum atomic E-state index is 12.2. The molecule has 4 nitrogen and oxygen atoms in total. The van der Waals surface area contributed by atoms with Gasteiger partial charge in [0.15, 0.2) is 0 Å². The number of ether oxygens (including phenoxy) is 1. The van der Waals surface area contributed by atoms with Crippen LogP contribution in [0.2, 0.25) is 0 Å². The topological polar surface area (TPSA) is 46.6 Å². The lowest BCUT2D eigenvalue weighted by Gasteiger charge is -2.31. The van der Waals surface area contributed by atoms with Crippen molar-refractivity contribution in [1.29, 1.82) is 0 Å². The van der Waals surface area contributed by atoms with Gasteiger partial charge in [-0.3, -0.25) is 9.59 Å². The van der Waals surface area contributed by atoms with Crippen LogP contribution in [0.3, 0.4) is 0 Å². The van der Waals surface area contributed by atoms with Gasteiger partial charge in [0, 0.05) is 18.7 Å². The first-order valence-electron chi connectivity index (χ1n) is 6.14. The van der Waals surface area contributed by atoms with E-state index in [2.05, 4.69) is 0 Å². The average Bonchev–Trinajstić information content (AvgIpc) is 2.46. The molecule has 18 heavy (non-hydrogen) atoms. The molecule has 1 aliphatic heterocycles. The molecule has 1 fully saturated rings. The number of hydrogen-bond acceptors (Lipinski definition) is 3. The van der Waals surface area contributed by atoms with Crippen molar-refractivity contribution in [1.82, 2.24) is 4.90 Å². The summed E-state index contributed by atoms with van der Waals surface area (Å²) >= 11 is 0. The van der Waals surface area contributed by atoms with Crippen molar-refractivity contribution in [2.45, 2.75) is 12.8 Å². The van der Waals surface area contributed by atoms with E-state index in [0.29, 0.717) is 18.7 Å². The predicted octanol–water partition coefficient (Wildman–Crippen LogP) is 1.71. The fourth-order valence-electron chi connectivity index (χ4n) is 2.28. The zero-order valence-corrected chi connectivity index (χ0v) is 10.5. The largest absolute Gasteiger partial charge is 0.469 e. The molecule has 1 saturated heterocycles. The summed E-state index contributed by atoms with van der Waals surface area (Å²) in [6.07, 6.45) is 1.64. The van der Waals surface area contributed by atoms with E-state index < -0.39 is 0 Å². The zero-order valence-electron chi connectivity index (χ0n) is 10.5. The minimum atomic E-state index is -0.222. The lowest BCUT2D eigenvalue weighted by atomic mass is 9.97. The van der Waals surface area contributed by atoms with Gasteiger partial charge in [0.1, 0.15) is 0 Å². The molecule has 0 bridgehead atoms. The van der Waals surface area contributed by atoms with Crippen molar-refractivity contribution in [2.24, 2.45) is 5.92 Å². The third kappa shape index (κ3) is 2.70. The summed E-state index contributed by atoms with van der Waals surface area (Å²) in [5.41, 5.74) is 0.669. The molecule has 0 N–H and O–H groups in total. The van der Waals surface area contributed by atoms with Crippen LogP contribution >= 0.6 is 0 Å². The van der Waals surface area contributed by atoms with Gasteiger partial charge >= 0.3 is 5.97 Å². The van der Waals surface area contributed by atoms with Crippen molar-refractivity contribution in [3.05, 3.63) is 35.9 Å². The van der Waals surface area contributed by atoms with Crippen molar-refractivity contribution in [3.8, 4) is 0 Å². The second-order valence-electron chi connectivity index (χ2n) is 4.48. The van der Waals surface area contributed by atoms with Crippen LogP contribution in [0.4, 0.5) is 0 Å². The maximum absolute atomic E-state index is 12.2. The van der Waals surface area contributed by atoms with Crippen LogP contribution < -0.4 is 0 Å². The minimum Gasteiger partial charge on any atom is -0.469 e. The Morgan fingerprint density at radius 2 is 2.00 bits per heavy atom. The SMILES string of the molecule is COC(=O)[C@@H]1CCCN(C(=O)c2ccccc2)C1. The van der Waals surface area contributed by atoms with E-state index in [9.17, 15) is 9.59 Å². The van der Waals surface area contributed by atoms with Crippen LogP contribution in [-0.2, 0) is 9.53 Å². The smallest absolute Gasteiger partial charge is 0.310 e. The average molecular weight is 247 g/mol. The van der Waals surface area contributed by atoms with Gasteiger partial charge in [-0.1, -0.05) is 18.2 Å². The number of esters is 1. The van der Waals surface area contributed by atoms with Crippen molar-refractivity contribution >= 4 is 11.9 Å². The second-order valence-corrected chi connectivity index (χ2v) is 4.48. The molecule has 0 saturated carbocycles. The molecule has 1 amide bonds. The van der Waals surface area contributed by atoms with E-state index in [1.807, 2.05) is 18.2 Å². The summed E-state index contributed by atoms with van der Waals surface area (Å²) in [4.78, 5) is 25.5. The molecule has 1 atom stereocenters. The van der Waals surface area contributed by atoms with E-state index in [1.54, 1.807) is 17.0 Å². The fraction of sp³-hybridized carbons (Fsp3) is 0.429. The van der Waals surface area contributed by atoms with Crippen LogP contribution in [0.5, 0.6) is 0 Å². The fourth-order valence-corrected chi connectivity index (χ4v) is 2.28. The van der Waals surface area contributed by atoms with Crippen molar-refractivity contribution in [3.63, 3.8) is 0 Å². The Bertz CT molecular complexity index is 430. The molecular weight excluding hydrogens is 230 g/mol. The van der Waals surface area contributed by atoms with Crippen LogP contribution in [-0.4, -0.2) is 37.0 Å². The normalized spacial score (nSPS) is 19.4. The molecule has 0 unspecified atom stereocenters. The summed E-state index contributed by atoms with van der Waals surface area (Å²) in [5.74, 6) is -0.416. The highest BCUT2D eigenvalue weighted by Crippen LogP contribution is 2.19. The van der Waals surface area contributed by atoms with Crippen LogP contribution in [0.1, 0.15) is 23.2 Å². The summed E-state index contributed by atoms with van der Waals surface area (Å²) in [7, 11) is 1.39. The number of carbonyl (C=O) groups excluding carboxylic acids is 2. The summed E-state index contributed by atoms with van der Waals surface area (Å²) < 4.78 is 4.75. The lowest BCUT2D eigenvalue weighted by molar-refractivity contribution is -0.146. The summed E-state index contributed by atoms with van der Waals surface area (Å²) in [6.45, 7) is 1.17. The molecule has 4 heteroatoms. The van der Waals surface area contributed by atoms with Gasteiger partial charge < -0.3 is 9.64 Å². The number of nitrogens with zero attached hydrogens (tertiary/aromatic N) is 1. The standard InChI is InChI=1S/C14H17NO3/c1-18-14(17)12-8-5-9-15(10-12)13(16)11-6-3-2-4-7-11/h2-4,6-7,12H,5,8-10H2,1H3/t12-/m1/s1. The predicted molar refractivity (Wildman–Crippen MR) is 67.1 cm³/mol. The third-order valence-electron chi connectivity index (χ3n) is 3.26. The molecule has 96 valence electrons. The summed E-state index contributed by atoms with van der Waals surface area (Å²) in [6, 6.07) is 9.16. The minimum absolute atomic E-state index is 0.01000. The first kappa shape index (κ1) is 12.6. The number of hydrogen-bond donors (Lipinski definition) is 0.